The molecule has 1 fully saturated rings. The molecule has 2 aromatic heterocycles. The average molecular weight is 363 g/mol. The van der Waals surface area contributed by atoms with E-state index in [4.69, 9.17) is 4.74 Å². The molecule has 2 N–H and O–H groups in total. The fraction of sp³-hybridized carbons (Fsp3) is 0.500. The van der Waals surface area contributed by atoms with Crippen LogP contribution in [0.2, 0.25) is 0 Å². The van der Waals surface area contributed by atoms with Gasteiger partial charge in [0.15, 0.2) is 0 Å². The monoisotopic (exact) mass is 363 g/mol. The Hall–Kier alpha value is -2.26. The normalized spacial score (nSPS) is 17.0. The molecule has 0 saturated carbocycles. The number of amides is 2. The first-order chi connectivity index (χ1) is 12.1. The van der Waals surface area contributed by atoms with Crippen LogP contribution in [0.5, 0.6) is 0 Å². The molecule has 1 aliphatic rings. The molecule has 1 aliphatic heterocycles. The topological polar surface area (TPSA) is 100 Å². The van der Waals surface area contributed by atoms with Crippen molar-refractivity contribution in [2.24, 2.45) is 0 Å². The van der Waals surface area contributed by atoms with E-state index < -0.39 is 0 Å². The number of imidazole rings is 1. The lowest BCUT2D eigenvalue weighted by Gasteiger charge is -2.24. The van der Waals surface area contributed by atoms with Gasteiger partial charge in [-0.25, -0.2) is 9.97 Å². The summed E-state index contributed by atoms with van der Waals surface area (Å²) in [4.78, 5) is 37.9. The first-order valence-corrected chi connectivity index (χ1v) is 9.00. The summed E-state index contributed by atoms with van der Waals surface area (Å²) in [5.74, 6) is -0.319. The van der Waals surface area contributed by atoms with Crippen molar-refractivity contribution in [3.63, 3.8) is 0 Å². The molecule has 1 saturated heterocycles. The molecule has 134 valence electrons. The smallest absolute Gasteiger partial charge is 0.273 e. The second-order valence-electron chi connectivity index (χ2n) is 5.94. The molecule has 3 heterocycles. The molecular formula is C16H21N5O3S. The summed E-state index contributed by atoms with van der Waals surface area (Å²) in [5.41, 5.74) is 1.56. The van der Waals surface area contributed by atoms with E-state index in [1.807, 2.05) is 0 Å². The van der Waals surface area contributed by atoms with E-state index in [2.05, 4.69) is 20.3 Å². The Balaban J connectivity index is 1.61. The highest BCUT2D eigenvalue weighted by Gasteiger charge is 2.31. The number of ether oxygens (including phenoxy) is 1. The molecule has 25 heavy (non-hydrogen) atoms. The van der Waals surface area contributed by atoms with Crippen LogP contribution in [0.25, 0.3) is 0 Å². The molecule has 1 unspecified atom stereocenters. The number of aromatic nitrogens is 3. The molecule has 9 heteroatoms. The first kappa shape index (κ1) is 17.6. The van der Waals surface area contributed by atoms with E-state index in [1.165, 1.54) is 17.7 Å². The lowest BCUT2D eigenvalue weighted by atomic mass is 10.2. The van der Waals surface area contributed by atoms with Crippen molar-refractivity contribution in [2.75, 3.05) is 20.2 Å². The molecule has 2 aromatic rings. The Morgan fingerprint density at radius 2 is 2.36 bits per heavy atom. The van der Waals surface area contributed by atoms with Gasteiger partial charge < -0.3 is 19.9 Å². The third-order valence-corrected chi connectivity index (χ3v) is 5.04. The number of hydrogen-bond acceptors (Lipinski definition) is 6. The van der Waals surface area contributed by atoms with E-state index in [1.54, 1.807) is 24.3 Å². The van der Waals surface area contributed by atoms with Gasteiger partial charge in [0, 0.05) is 37.3 Å². The molecule has 0 spiro atoms. The maximum absolute atomic E-state index is 12.7. The van der Waals surface area contributed by atoms with Crippen LogP contribution in [-0.4, -0.2) is 57.9 Å². The molecule has 0 aliphatic carbocycles. The van der Waals surface area contributed by atoms with E-state index >= 15 is 0 Å². The number of carbonyl (C=O) groups excluding carboxylic acids is 2. The minimum absolute atomic E-state index is 0.0247. The summed E-state index contributed by atoms with van der Waals surface area (Å²) in [6.45, 7) is 3.29. The van der Waals surface area contributed by atoms with Crippen LogP contribution in [-0.2, 0) is 11.3 Å². The van der Waals surface area contributed by atoms with Crippen LogP contribution in [0.15, 0.2) is 11.7 Å². The van der Waals surface area contributed by atoms with Crippen molar-refractivity contribution in [3.8, 4) is 0 Å². The summed E-state index contributed by atoms with van der Waals surface area (Å²) in [6.07, 6.45) is 3.28. The van der Waals surface area contributed by atoms with Crippen molar-refractivity contribution >= 4 is 23.2 Å². The van der Waals surface area contributed by atoms with Gasteiger partial charge in [0.2, 0.25) is 0 Å². The molecule has 2 amide bonds. The molecule has 0 radical (unpaired) electrons. The Morgan fingerprint density at radius 1 is 1.52 bits per heavy atom. The van der Waals surface area contributed by atoms with Crippen molar-refractivity contribution in [1.29, 1.82) is 0 Å². The van der Waals surface area contributed by atoms with Crippen molar-refractivity contribution < 1.29 is 14.3 Å². The Kier molecular flexibility index (Phi) is 5.44. The SMILES string of the molecule is COCc1nc(C(=O)N2CCCC2CNC(=O)c2nc[nH]c2C)cs1. The van der Waals surface area contributed by atoms with Crippen LogP contribution >= 0.6 is 11.3 Å². The van der Waals surface area contributed by atoms with Crippen LogP contribution in [0, 0.1) is 6.92 Å². The number of nitrogens with one attached hydrogen (secondary N) is 2. The minimum atomic E-state index is -0.228. The standard InChI is InChI=1S/C16H21N5O3S/c1-10-14(19-9-18-10)15(22)17-6-11-4-3-5-21(11)16(23)12-8-25-13(20-12)7-24-2/h8-9,11H,3-7H2,1-2H3,(H,17,22)(H,18,19). The zero-order valence-corrected chi connectivity index (χ0v) is 15.1. The number of carbonyl (C=O) groups is 2. The number of methoxy groups -OCH3 is 1. The fourth-order valence-electron chi connectivity index (χ4n) is 2.94. The van der Waals surface area contributed by atoms with E-state index in [0.29, 0.717) is 31.1 Å². The van der Waals surface area contributed by atoms with Gasteiger partial charge in [-0.2, -0.15) is 0 Å². The Bertz CT molecular complexity index is 757. The van der Waals surface area contributed by atoms with Gasteiger partial charge in [0.1, 0.15) is 16.4 Å². The van der Waals surface area contributed by atoms with Crippen LogP contribution in [0.4, 0.5) is 0 Å². The molecule has 3 rings (SSSR count). The highest BCUT2D eigenvalue weighted by Crippen LogP contribution is 2.21. The molecule has 1 atom stereocenters. The third-order valence-electron chi connectivity index (χ3n) is 4.22. The fourth-order valence-corrected chi connectivity index (χ4v) is 3.68. The zero-order valence-electron chi connectivity index (χ0n) is 14.2. The van der Waals surface area contributed by atoms with Gasteiger partial charge in [-0.3, -0.25) is 9.59 Å². The second-order valence-corrected chi connectivity index (χ2v) is 6.88. The maximum Gasteiger partial charge on any atom is 0.273 e. The van der Waals surface area contributed by atoms with Crippen molar-refractivity contribution in [2.45, 2.75) is 32.4 Å². The van der Waals surface area contributed by atoms with Crippen molar-refractivity contribution in [3.05, 3.63) is 33.8 Å². The highest BCUT2D eigenvalue weighted by atomic mass is 32.1. The summed E-state index contributed by atoms with van der Waals surface area (Å²) < 4.78 is 5.04. The number of thiazole rings is 1. The number of nitrogens with zero attached hydrogens (tertiary/aromatic N) is 3. The first-order valence-electron chi connectivity index (χ1n) is 8.12. The highest BCUT2D eigenvalue weighted by molar-refractivity contribution is 7.09. The number of aromatic amines is 1. The van der Waals surface area contributed by atoms with Gasteiger partial charge >= 0.3 is 0 Å². The van der Waals surface area contributed by atoms with E-state index in [-0.39, 0.29) is 17.9 Å². The predicted molar refractivity (Wildman–Crippen MR) is 92.5 cm³/mol. The van der Waals surface area contributed by atoms with E-state index in [9.17, 15) is 9.59 Å². The number of rotatable bonds is 6. The van der Waals surface area contributed by atoms with Gasteiger partial charge in [0.05, 0.1) is 12.9 Å². The lowest BCUT2D eigenvalue weighted by Crippen LogP contribution is -2.43. The van der Waals surface area contributed by atoms with Crippen LogP contribution in [0.3, 0.4) is 0 Å². The summed E-state index contributed by atoms with van der Waals surface area (Å²) >= 11 is 1.42. The average Bonchev–Trinajstić information content (AvgIpc) is 3.32. The molecule has 8 nitrogen and oxygen atoms in total. The predicted octanol–water partition coefficient (Wildman–Crippen LogP) is 1.36. The molecular weight excluding hydrogens is 342 g/mol. The van der Waals surface area contributed by atoms with Gasteiger partial charge in [0.25, 0.3) is 11.8 Å². The summed E-state index contributed by atoms with van der Waals surface area (Å²) in [5, 5.41) is 5.42. The minimum Gasteiger partial charge on any atom is -0.378 e. The van der Waals surface area contributed by atoms with Crippen molar-refractivity contribution in [1.82, 2.24) is 25.2 Å². The zero-order chi connectivity index (χ0) is 17.8. The Labute approximate surface area is 149 Å². The molecule has 0 aromatic carbocycles. The number of likely N-dealkylation sites (tertiary alicyclic amines) is 1. The lowest BCUT2D eigenvalue weighted by molar-refractivity contribution is 0.0719. The summed E-state index contributed by atoms with van der Waals surface area (Å²) in [7, 11) is 1.60. The third kappa shape index (κ3) is 3.88. The maximum atomic E-state index is 12.7. The van der Waals surface area contributed by atoms with Gasteiger partial charge in [-0.1, -0.05) is 0 Å². The summed E-state index contributed by atoms with van der Waals surface area (Å²) in [6, 6.07) is -0.0247. The Morgan fingerprint density at radius 3 is 3.08 bits per heavy atom. The number of aryl methyl sites for hydroxylation is 1. The quantitative estimate of drug-likeness (QED) is 0.807. The van der Waals surface area contributed by atoms with Gasteiger partial charge in [-0.15, -0.1) is 11.3 Å². The largest absolute Gasteiger partial charge is 0.378 e. The van der Waals surface area contributed by atoms with Crippen LogP contribution in [0.1, 0.15) is 44.5 Å². The second kappa shape index (κ2) is 7.75. The van der Waals surface area contributed by atoms with E-state index in [0.717, 1.165) is 23.5 Å². The van der Waals surface area contributed by atoms with Gasteiger partial charge in [-0.05, 0) is 19.8 Å². The number of H-pyrrole nitrogens is 1. The molecule has 0 bridgehead atoms. The number of hydrogen-bond donors (Lipinski definition) is 2. The van der Waals surface area contributed by atoms with Crippen LogP contribution < -0.4 is 5.32 Å².